The SMILES string of the molecule is CCc1c(C)sc(NC(=O)CSC2=NCCS2)c1C(=O)OC. The number of carbonyl (C=O) groups is 2. The van der Waals surface area contributed by atoms with E-state index in [1.807, 2.05) is 13.8 Å². The smallest absolute Gasteiger partial charge is 0.341 e. The number of nitrogens with zero attached hydrogens (tertiary/aromatic N) is 1. The summed E-state index contributed by atoms with van der Waals surface area (Å²) in [4.78, 5) is 29.4. The number of hydrogen-bond donors (Lipinski definition) is 1. The van der Waals surface area contributed by atoms with Gasteiger partial charge in [0.25, 0.3) is 0 Å². The Morgan fingerprint density at radius 3 is 2.82 bits per heavy atom. The van der Waals surface area contributed by atoms with Crippen LogP contribution >= 0.6 is 34.9 Å². The molecule has 0 aliphatic carbocycles. The molecular formula is C14H18N2O3S3. The Bertz CT molecular complexity index is 611. The molecule has 1 amide bonds. The van der Waals surface area contributed by atoms with Gasteiger partial charge < -0.3 is 10.1 Å². The zero-order valence-corrected chi connectivity index (χ0v) is 15.2. The Morgan fingerprint density at radius 2 is 2.23 bits per heavy atom. The van der Waals surface area contributed by atoms with Crippen molar-refractivity contribution in [1.82, 2.24) is 0 Å². The number of nitrogens with one attached hydrogen (secondary N) is 1. The third-order valence-electron chi connectivity index (χ3n) is 3.09. The molecule has 22 heavy (non-hydrogen) atoms. The molecule has 8 heteroatoms. The maximum absolute atomic E-state index is 12.1. The van der Waals surface area contributed by atoms with Crippen LogP contribution in [0.4, 0.5) is 5.00 Å². The standard InChI is InChI=1S/C14H18N2O3S3/c1-4-9-8(2)22-12(11(9)13(18)19-3)16-10(17)7-21-14-15-5-6-20-14/h4-7H2,1-3H3,(H,16,17). The van der Waals surface area contributed by atoms with E-state index in [4.69, 9.17) is 4.74 Å². The quantitative estimate of drug-likeness (QED) is 0.819. The fourth-order valence-electron chi connectivity index (χ4n) is 2.10. The van der Waals surface area contributed by atoms with E-state index < -0.39 is 5.97 Å². The first-order valence-corrected chi connectivity index (χ1v) is 9.66. The second-order valence-corrected chi connectivity index (χ2v) is 8.05. The highest BCUT2D eigenvalue weighted by atomic mass is 32.2. The van der Waals surface area contributed by atoms with Crippen LogP contribution in [0.3, 0.4) is 0 Å². The molecule has 1 aliphatic heterocycles. The maximum atomic E-state index is 12.1. The number of carbonyl (C=O) groups excluding carboxylic acids is 2. The zero-order chi connectivity index (χ0) is 16.1. The summed E-state index contributed by atoms with van der Waals surface area (Å²) in [6.07, 6.45) is 0.727. The fraction of sp³-hybridized carbons (Fsp3) is 0.500. The van der Waals surface area contributed by atoms with Crippen LogP contribution < -0.4 is 5.32 Å². The van der Waals surface area contributed by atoms with Crippen LogP contribution in [0.1, 0.15) is 27.7 Å². The summed E-state index contributed by atoms with van der Waals surface area (Å²) >= 11 is 4.53. The van der Waals surface area contributed by atoms with Gasteiger partial charge in [-0.3, -0.25) is 9.79 Å². The number of ether oxygens (including phenoxy) is 1. The largest absolute Gasteiger partial charge is 0.465 e. The first kappa shape index (κ1) is 17.4. The highest BCUT2D eigenvalue weighted by Gasteiger charge is 2.23. The topological polar surface area (TPSA) is 67.8 Å². The van der Waals surface area contributed by atoms with Crippen molar-refractivity contribution in [2.45, 2.75) is 20.3 Å². The molecular weight excluding hydrogens is 340 g/mol. The summed E-state index contributed by atoms with van der Waals surface area (Å²) in [5.41, 5.74) is 1.42. The van der Waals surface area contributed by atoms with Gasteiger partial charge in [0.1, 0.15) is 9.38 Å². The number of hydrogen-bond acceptors (Lipinski definition) is 7. The molecule has 0 saturated heterocycles. The molecule has 0 aromatic carbocycles. The molecule has 0 fully saturated rings. The Labute approximate surface area is 142 Å². The van der Waals surface area contributed by atoms with Gasteiger partial charge in [-0.2, -0.15) is 0 Å². The van der Waals surface area contributed by atoms with Gasteiger partial charge in [-0.15, -0.1) is 11.3 Å². The summed E-state index contributed by atoms with van der Waals surface area (Å²) in [7, 11) is 1.35. The first-order valence-electron chi connectivity index (χ1n) is 6.87. The molecule has 1 aromatic heterocycles. The van der Waals surface area contributed by atoms with Crippen LogP contribution in [0.5, 0.6) is 0 Å². The number of aliphatic imine (C=N–C) groups is 1. The molecule has 120 valence electrons. The van der Waals surface area contributed by atoms with Gasteiger partial charge in [0, 0.05) is 10.6 Å². The van der Waals surface area contributed by atoms with Crippen LogP contribution in [-0.2, 0) is 16.0 Å². The van der Waals surface area contributed by atoms with Crippen molar-refractivity contribution in [1.29, 1.82) is 0 Å². The first-order chi connectivity index (χ1) is 10.6. The van der Waals surface area contributed by atoms with Gasteiger partial charge in [0.2, 0.25) is 5.91 Å². The van der Waals surface area contributed by atoms with Gasteiger partial charge in [-0.25, -0.2) is 4.79 Å². The number of anilines is 1. The summed E-state index contributed by atoms with van der Waals surface area (Å²) in [6, 6.07) is 0. The molecule has 1 aliphatic rings. The van der Waals surface area contributed by atoms with Crippen LogP contribution in [0, 0.1) is 6.92 Å². The second kappa shape index (κ2) is 8.03. The highest BCUT2D eigenvalue weighted by molar-refractivity contribution is 8.39. The van der Waals surface area contributed by atoms with Crippen LogP contribution in [0.15, 0.2) is 4.99 Å². The molecule has 1 N–H and O–H groups in total. The van der Waals surface area contributed by atoms with Crippen molar-refractivity contribution in [3.8, 4) is 0 Å². The summed E-state index contributed by atoms with van der Waals surface area (Å²) in [5, 5.41) is 3.42. The lowest BCUT2D eigenvalue weighted by molar-refractivity contribution is -0.113. The molecule has 1 aromatic rings. The van der Waals surface area contributed by atoms with E-state index in [2.05, 4.69) is 10.3 Å². The lowest BCUT2D eigenvalue weighted by Gasteiger charge is -2.06. The molecule has 2 heterocycles. The van der Waals surface area contributed by atoms with Crippen molar-refractivity contribution in [2.75, 3.05) is 30.5 Å². The van der Waals surface area contributed by atoms with E-state index in [0.717, 1.165) is 33.5 Å². The lowest BCUT2D eigenvalue weighted by Crippen LogP contribution is -2.16. The van der Waals surface area contributed by atoms with Crippen LogP contribution in [0.2, 0.25) is 0 Å². The normalized spacial score (nSPS) is 13.9. The van der Waals surface area contributed by atoms with E-state index in [1.54, 1.807) is 11.8 Å². The number of thiophene rings is 1. The minimum absolute atomic E-state index is 0.130. The van der Waals surface area contributed by atoms with E-state index >= 15 is 0 Å². The predicted octanol–water partition coefficient (Wildman–Crippen LogP) is 3.18. The van der Waals surface area contributed by atoms with Crippen molar-refractivity contribution < 1.29 is 14.3 Å². The van der Waals surface area contributed by atoms with Crippen LogP contribution in [-0.4, -0.2) is 41.4 Å². The number of amides is 1. The average molecular weight is 359 g/mol. The average Bonchev–Trinajstić information content (AvgIpc) is 3.11. The van der Waals surface area contributed by atoms with E-state index in [1.165, 1.54) is 30.2 Å². The molecule has 0 radical (unpaired) electrons. The Hall–Kier alpha value is -0.990. The number of methoxy groups -OCH3 is 1. The number of thioether (sulfide) groups is 2. The molecule has 0 unspecified atom stereocenters. The lowest BCUT2D eigenvalue weighted by atomic mass is 10.1. The van der Waals surface area contributed by atoms with Crippen molar-refractivity contribution >= 4 is 56.1 Å². The molecule has 0 saturated carbocycles. The highest BCUT2D eigenvalue weighted by Crippen LogP contribution is 2.34. The summed E-state index contributed by atoms with van der Waals surface area (Å²) in [5.74, 6) is 0.750. The third kappa shape index (κ3) is 4.05. The Morgan fingerprint density at radius 1 is 1.45 bits per heavy atom. The summed E-state index contributed by atoms with van der Waals surface area (Å²) in [6.45, 7) is 4.76. The molecule has 0 bridgehead atoms. The molecule has 5 nitrogen and oxygen atoms in total. The monoisotopic (exact) mass is 358 g/mol. The minimum atomic E-state index is -0.403. The zero-order valence-electron chi connectivity index (χ0n) is 12.7. The van der Waals surface area contributed by atoms with E-state index in [-0.39, 0.29) is 5.91 Å². The molecule has 0 spiro atoms. The van der Waals surface area contributed by atoms with E-state index in [0.29, 0.717) is 16.3 Å². The van der Waals surface area contributed by atoms with E-state index in [9.17, 15) is 9.59 Å². The molecule has 0 atom stereocenters. The minimum Gasteiger partial charge on any atom is -0.465 e. The van der Waals surface area contributed by atoms with Crippen LogP contribution in [0.25, 0.3) is 0 Å². The number of esters is 1. The number of rotatable bonds is 5. The van der Waals surface area contributed by atoms with Gasteiger partial charge in [0.15, 0.2) is 0 Å². The Kier molecular flexibility index (Phi) is 6.34. The molecule has 2 rings (SSSR count). The summed E-state index contributed by atoms with van der Waals surface area (Å²) < 4.78 is 5.80. The fourth-order valence-corrected chi connectivity index (χ4v) is 5.06. The number of aryl methyl sites for hydroxylation is 1. The van der Waals surface area contributed by atoms with Gasteiger partial charge >= 0.3 is 5.97 Å². The Balaban J connectivity index is 2.07. The van der Waals surface area contributed by atoms with Crippen molar-refractivity contribution in [3.63, 3.8) is 0 Å². The second-order valence-electron chi connectivity index (χ2n) is 4.52. The third-order valence-corrected chi connectivity index (χ3v) is 6.40. The van der Waals surface area contributed by atoms with Crippen molar-refractivity contribution in [3.05, 3.63) is 16.0 Å². The predicted molar refractivity (Wildman–Crippen MR) is 95.6 cm³/mol. The van der Waals surface area contributed by atoms with Crippen molar-refractivity contribution in [2.24, 2.45) is 4.99 Å². The van der Waals surface area contributed by atoms with Gasteiger partial charge in [0.05, 0.1) is 25.0 Å². The van der Waals surface area contributed by atoms with Gasteiger partial charge in [-0.1, -0.05) is 30.4 Å². The maximum Gasteiger partial charge on any atom is 0.341 e. The van der Waals surface area contributed by atoms with Gasteiger partial charge in [-0.05, 0) is 18.9 Å².